The highest BCUT2D eigenvalue weighted by Gasteiger charge is 2.26. The third kappa shape index (κ3) is 3.26. The van der Waals surface area contributed by atoms with Gasteiger partial charge in [-0.2, -0.15) is 0 Å². The molecule has 0 spiro atoms. The predicted octanol–water partition coefficient (Wildman–Crippen LogP) is 2.80. The molecule has 156 valence electrons. The summed E-state index contributed by atoms with van der Waals surface area (Å²) in [5.74, 6) is 0.865. The molecule has 0 atom stereocenters. The second kappa shape index (κ2) is 7.39. The van der Waals surface area contributed by atoms with E-state index >= 15 is 0 Å². The fourth-order valence-corrected chi connectivity index (χ4v) is 4.12. The number of nitrogens with two attached hydrogens (primary N) is 1. The fraction of sp³-hybridized carbons (Fsp3) is 0.217. The lowest BCUT2D eigenvalue weighted by atomic mass is 10.2. The van der Waals surface area contributed by atoms with Gasteiger partial charge in [0.15, 0.2) is 11.6 Å². The van der Waals surface area contributed by atoms with Crippen molar-refractivity contribution < 1.29 is 4.79 Å². The van der Waals surface area contributed by atoms with Gasteiger partial charge in [0, 0.05) is 32.8 Å². The van der Waals surface area contributed by atoms with Crippen LogP contribution in [0.25, 0.3) is 17.2 Å². The van der Waals surface area contributed by atoms with Gasteiger partial charge in [-0.15, -0.1) is 0 Å². The Morgan fingerprint density at radius 2 is 1.94 bits per heavy atom. The Labute approximate surface area is 179 Å². The number of benzene rings is 1. The molecule has 1 amide bonds. The third-order valence-corrected chi connectivity index (χ3v) is 5.63. The number of primary amides is 1. The van der Waals surface area contributed by atoms with Crippen molar-refractivity contribution in [2.75, 3.05) is 23.8 Å². The average Bonchev–Trinajstić information content (AvgIpc) is 3.31. The molecule has 8 nitrogen and oxygen atoms in total. The van der Waals surface area contributed by atoms with E-state index in [0.717, 1.165) is 41.6 Å². The van der Waals surface area contributed by atoms with Crippen LogP contribution >= 0.6 is 0 Å². The minimum Gasteiger partial charge on any atom is -0.370 e. The largest absolute Gasteiger partial charge is 0.370 e. The molecule has 0 saturated carbocycles. The van der Waals surface area contributed by atoms with Gasteiger partial charge >= 0.3 is 0 Å². The highest BCUT2D eigenvalue weighted by Crippen LogP contribution is 2.35. The maximum Gasteiger partial charge on any atom is 0.252 e. The molecule has 5 rings (SSSR count). The molecular formula is C23H23N7O. The molecule has 3 aromatic heterocycles. The quantitative estimate of drug-likeness (QED) is 0.522. The summed E-state index contributed by atoms with van der Waals surface area (Å²) in [5.41, 5.74) is 11.2. The van der Waals surface area contributed by atoms with E-state index in [9.17, 15) is 4.79 Å². The number of amides is 1. The van der Waals surface area contributed by atoms with E-state index in [1.54, 1.807) is 12.1 Å². The molecule has 31 heavy (non-hydrogen) atoms. The summed E-state index contributed by atoms with van der Waals surface area (Å²) in [4.78, 5) is 28.4. The van der Waals surface area contributed by atoms with Crippen LogP contribution in [0.4, 0.5) is 11.5 Å². The molecule has 1 aromatic carbocycles. The van der Waals surface area contributed by atoms with Crippen LogP contribution in [0.2, 0.25) is 0 Å². The summed E-state index contributed by atoms with van der Waals surface area (Å²) in [6.45, 7) is 3.45. The molecule has 0 radical (unpaired) electrons. The zero-order valence-corrected chi connectivity index (χ0v) is 17.5. The van der Waals surface area contributed by atoms with Crippen LogP contribution in [0.1, 0.15) is 27.3 Å². The monoisotopic (exact) mass is 413 g/mol. The summed E-state index contributed by atoms with van der Waals surface area (Å²) < 4.78 is 1.84. The zero-order chi connectivity index (χ0) is 21.5. The van der Waals surface area contributed by atoms with Gasteiger partial charge in [0.25, 0.3) is 5.91 Å². The summed E-state index contributed by atoms with van der Waals surface area (Å²) >= 11 is 0. The van der Waals surface area contributed by atoms with Crippen molar-refractivity contribution in [3.8, 4) is 11.5 Å². The standard InChI is InChI=1S/C23H23N7O/c1-14-18(30-11-6-9-16(20(24)31)23(30)26-14)22-27-17-10-12-29(2)19(17)21(28-22)25-13-15-7-4-3-5-8-15/h3-9,11H,10,12-13H2,1-2H3,(H2,24,31)(H,25,27,28). The van der Waals surface area contributed by atoms with Crippen molar-refractivity contribution in [1.82, 2.24) is 19.4 Å². The van der Waals surface area contributed by atoms with E-state index in [4.69, 9.17) is 15.7 Å². The van der Waals surface area contributed by atoms with E-state index in [1.807, 2.05) is 35.7 Å². The first-order valence-corrected chi connectivity index (χ1v) is 10.2. The van der Waals surface area contributed by atoms with E-state index in [2.05, 4.69) is 34.4 Å². The molecule has 3 N–H and O–H groups in total. The number of aromatic nitrogens is 4. The van der Waals surface area contributed by atoms with Gasteiger partial charge in [0.2, 0.25) is 0 Å². The van der Waals surface area contributed by atoms with Crippen LogP contribution in [0, 0.1) is 6.92 Å². The molecule has 4 aromatic rings. The number of pyridine rings is 1. The lowest BCUT2D eigenvalue weighted by Gasteiger charge is -2.18. The van der Waals surface area contributed by atoms with E-state index in [1.165, 1.54) is 5.56 Å². The summed E-state index contributed by atoms with van der Waals surface area (Å²) in [6.07, 6.45) is 2.71. The number of likely N-dealkylation sites (N-methyl/N-ethyl adjacent to an activating group) is 1. The smallest absolute Gasteiger partial charge is 0.252 e. The lowest BCUT2D eigenvalue weighted by Crippen LogP contribution is -2.16. The van der Waals surface area contributed by atoms with Crippen molar-refractivity contribution in [1.29, 1.82) is 0 Å². The van der Waals surface area contributed by atoms with Crippen molar-refractivity contribution in [3.05, 3.63) is 71.2 Å². The number of carbonyl (C=O) groups excluding carboxylic acids is 1. The molecule has 0 bridgehead atoms. The zero-order valence-electron chi connectivity index (χ0n) is 17.5. The van der Waals surface area contributed by atoms with E-state index in [0.29, 0.717) is 23.6 Å². The normalized spacial score (nSPS) is 12.9. The molecule has 4 heterocycles. The van der Waals surface area contributed by atoms with Gasteiger partial charge < -0.3 is 16.0 Å². The van der Waals surface area contributed by atoms with Gasteiger partial charge in [0.1, 0.15) is 17.0 Å². The molecule has 1 aliphatic rings. The van der Waals surface area contributed by atoms with Crippen LogP contribution in [-0.4, -0.2) is 38.9 Å². The minimum atomic E-state index is -0.510. The third-order valence-electron chi connectivity index (χ3n) is 5.63. The number of fused-ring (bicyclic) bond motifs is 2. The topological polar surface area (TPSA) is 101 Å². The van der Waals surface area contributed by atoms with Crippen LogP contribution in [0.15, 0.2) is 48.7 Å². The molecule has 1 aliphatic heterocycles. The Balaban J connectivity index is 1.63. The predicted molar refractivity (Wildman–Crippen MR) is 120 cm³/mol. The van der Waals surface area contributed by atoms with Crippen LogP contribution < -0.4 is 16.0 Å². The molecule has 0 aliphatic carbocycles. The number of imidazole rings is 1. The first-order chi connectivity index (χ1) is 15.0. The number of anilines is 2. The maximum absolute atomic E-state index is 11.9. The van der Waals surface area contributed by atoms with Gasteiger partial charge in [-0.05, 0) is 24.6 Å². The van der Waals surface area contributed by atoms with Gasteiger partial charge in [-0.3, -0.25) is 9.20 Å². The van der Waals surface area contributed by atoms with Gasteiger partial charge in [-0.25, -0.2) is 15.0 Å². The lowest BCUT2D eigenvalue weighted by molar-refractivity contribution is 0.100. The van der Waals surface area contributed by atoms with Crippen molar-refractivity contribution in [3.63, 3.8) is 0 Å². The van der Waals surface area contributed by atoms with Crippen molar-refractivity contribution >= 4 is 23.1 Å². The Morgan fingerprint density at radius 3 is 2.71 bits per heavy atom. The Morgan fingerprint density at radius 1 is 1.13 bits per heavy atom. The van der Waals surface area contributed by atoms with Gasteiger partial charge in [0.05, 0.1) is 17.0 Å². The first kappa shape index (κ1) is 19.0. The SMILES string of the molecule is Cc1nc2c(C(N)=O)cccn2c1-c1nc2c(c(NCc3ccccc3)n1)N(C)CC2. The number of nitrogens with zero attached hydrogens (tertiary/aromatic N) is 5. The van der Waals surface area contributed by atoms with Crippen LogP contribution in [0.5, 0.6) is 0 Å². The maximum atomic E-state index is 11.9. The van der Waals surface area contributed by atoms with Crippen LogP contribution in [-0.2, 0) is 13.0 Å². The summed E-state index contributed by atoms with van der Waals surface area (Å²) in [5, 5.41) is 3.49. The Bertz CT molecular complexity index is 1300. The van der Waals surface area contributed by atoms with E-state index < -0.39 is 5.91 Å². The number of hydrogen-bond donors (Lipinski definition) is 2. The first-order valence-electron chi connectivity index (χ1n) is 10.2. The molecular weight excluding hydrogens is 390 g/mol. The highest BCUT2D eigenvalue weighted by molar-refractivity contribution is 5.99. The number of carbonyl (C=O) groups is 1. The summed E-state index contributed by atoms with van der Waals surface area (Å²) in [6, 6.07) is 13.7. The summed E-state index contributed by atoms with van der Waals surface area (Å²) in [7, 11) is 2.06. The number of rotatable bonds is 5. The molecule has 0 unspecified atom stereocenters. The fourth-order valence-electron chi connectivity index (χ4n) is 4.12. The number of aryl methyl sites for hydroxylation is 1. The Kier molecular flexibility index (Phi) is 4.54. The second-order valence-electron chi connectivity index (χ2n) is 7.73. The average molecular weight is 413 g/mol. The van der Waals surface area contributed by atoms with E-state index in [-0.39, 0.29) is 0 Å². The number of hydrogen-bond acceptors (Lipinski definition) is 6. The minimum absolute atomic E-state index is 0.375. The Hall–Kier alpha value is -3.94. The molecule has 0 fully saturated rings. The van der Waals surface area contributed by atoms with Crippen molar-refractivity contribution in [2.24, 2.45) is 5.73 Å². The molecule has 8 heteroatoms. The second-order valence-corrected chi connectivity index (χ2v) is 7.73. The molecule has 0 saturated heterocycles. The van der Waals surface area contributed by atoms with Crippen molar-refractivity contribution in [2.45, 2.75) is 19.9 Å². The van der Waals surface area contributed by atoms with Gasteiger partial charge in [-0.1, -0.05) is 30.3 Å². The number of nitrogens with one attached hydrogen (secondary N) is 1. The highest BCUT2D eigenvalue weighted by atomic mass is 16.1. The van der Waals surface area contributed by atoms with Crippen LogP contribution in [0.3, 0.4) is 0 Å².